The third-order valence-electron chi connectivity index (χ3n) is 8.44. The number of phenolic OH excluding ortho intramolecular Hbond substituents is 1. The number of hydrogen-bond acceptors (Lipinski definition) is 6. The minimum absolute atomic E-state index is 0.0274. The van der Waals surface area contributed by atoms with Crippen molar-refractivity contribution in [3.8, 4) is 17.2 Å². The summed E-state index contributed by atoms with van der Waals surface area (Å²) in [6, 6.07) is 9.03. The number of halogens is 3. The van der Waals surface area contributed by atoms with Crippen LogP contribution in [0.5, 0.6) is 17.2 Å². The summed E-state index contributed by atoms with van der Waals surface area (Å²) < 4.78 is 46.5. The Kier molecular flexibility index (Phi) is 6.31. The Hall–Kier alpha value is -2.94. The standard InChI is InChI=1S/C27H30F3NO5/c1-26-10-9-17-18-13-24(34-2)23(32)12-20(18)22(11-19(17)21(26)7-8-25(26)33)31-35-14-15-3-5-16(6-4-15)36-27(28,29)30/h3-6,12-13,17,19,21,25,32-33H,7-11,14H2,1-2H3/t17-,19-,21+,25-,26+/m1/s1. The number of aliphatic hydroxyl groups is 1. The van der Waals surface area contributed by atoms with Crippen molar-refractivity contribution in [2.45, 2.75) is 64.0 Å². The van der Waals surface area contributed by atoms with E-state index in [1.54, 1.807) is 6.07 Å². The van der Waals surface area contributed by atoms with Gasteiger partial charge in [-0.1, -0.05) is 24.2 Å². The maximum atomic E-state index is 12.4. The van der Waals surface area contributed by atoms with Crippen LogP contribution in [0, 0.1) is 17.3 Å². The number of phenols is 1. The van der Waals surface area contributed by atoms with E-state index in [1.807, 2.05) is 6.07 Å². The van der Waals surface area contributed by atoms with Crippen LogP contribution in [-0.2, 0) is 11.4 Å². The topological polar surface area (TPSA) is 80.5 Å². The number of fused-ring (bicyclic) bond motifs is 5. The van der Waals surface area contributed by atoms with Crippen LogP contribution in [0.2, 0.25) is 0 Å². The zero-order valence-electron chi connectivity index (χ0n) is 20.2. The maximum Gasteiger partial charge on any atom is 0.573 e. The largest absolute Gasteiger partial charge is 0.573 e. The van der Waals surface area contributed by atoms with Crippen molar-refractivity contribution in [1.29, 1.82) is 0 Å². The Morgan fingerprint density at radius 3 is 2.56 bits per heavy atom. The zero-order chi connectivity index (χ0) is 25.7. The Morgan fingerprint density at radius 1 is 1.11 bits per heavy atom. The Labute approximate surface area is 207 Å². The minimum Gasteiger partial charge on any atom is -0.504 e. The second-order valence-electron chi connectivity index (χ2n) is 10.3. The molecule has 0 amide bonds. The highest BCUT2D eigenvalue weighted by Gasteiger charge is 2.55. The van der Waals surface area contributed by atoms with Gasteiger partial charge in [0.2, 0.25) is 0 Å². The van der Waals surface area contributed by atoms with Crippen LogP contribution in [-0.4, -0.2) is 35.5 Å². The predicted molar refractivity (Wildman–Crippen MR) is 126 cm³/mol. The molecule has 0 bridgehead atoms. The molecule has 5 rings (SSSR count). The summed E-state index contributed by atoms with van der Waals surface area (Å²) in [5.41, 5.74) is 3.13. The van der Waals surface area contributed by atoms with Gasteiger partial charge in [0, 0.05) is 5.56 Å². The second-order valence-corrected chi connectivity index (χ2v) is 10.3. The van der Waals surface area contributed by atoms with Crippen LogP contribution in [0.1, 0.15) is 61.6 Å². The molecule has 0 aliphatic heterocycles. The van der Waals surface area contributed by atoms with Gasteiger partial charge in [0.05, 0.1) is 18.9 Å². The third kappa shape index (κ3) is 4.49. The third-order valence-corrected chi connectivity index (χ3v) is 8.44. The van der Waals surface area contributed by atoms with Crippen LogP contribution >= 0.6 is 0 Å². The van der Waals surface area contributed by atoms with Gasteiger partial charge in [0.1, 0.15) is 12.4 Å². The number of ether oxygens (including phenoxy) is 2. The summed E-state index contributed by atoms with van der Waals surface area (Å²) in [6.45, 7) is 2.26. The van der Waals surface area contributed by atoms with E-state index < -0.39 is 6.36 Å². The Balaban J connectivity index is 1.40. The van der Waals surface area contributed by atoms with E-state index in [-0.39, 0.29) is 41.5 Å². The first-order valence-corrected chi connectivity index (χ1v) is 12.2. The highest BCUT2D eigenvalue weighted by atomic mass is 19.4. The fraction of sp³-hybridized carbons (Fsp3) is 0.519. The monoisotopic (exact) mass is 505 g/mol. The van der Waals surface area contributed by atoms with Crippen molar-refractivity contribution in [3.05, 3.63) is 53.1 Å². The van der Waals surface area contributed by atoms with Gasteiger partial charge in [-0.15, -0.1) is 13.2 Å². The highest BCUT2D eigenvalue weighted by Crippen LogP contribution is 2.61. The smallest absolute Gasteiger partial charge is 0.504 e. The average Bonchev–Trinajstić information content (AvgIpc) is 3.13. The molecule has 3 aliphatic carbocycles. The van der Waals surface area contributed by atoms with Crippen molar-refractivity contribution in [1.82, 2.24) is 0 Å². The SMILES string of the molecule is COc1cc2c(cc1O)C(=NOCc1ccc(OC(F)(F)F)cc1)C[C@@H]1[C@@H]2CC[C@]2(C)[C@H](O)CC[C@@H]12. The van der Waals surface area contributed by atoms with E-state index in [0.29, 0.717) is 29.4 Å². The van der Waals surface area contributed by atoms with Gasteiger partial charge < -0.3 is 24.5 Å². The molecule has 0 radical (unpaired) electrons. The van der Waals surface area contributed by atoms with Gasteiger partial charge in [0.15, 0.2) is 11.5 Å². The molecule has 194 valence electrons. The van der Waals surface area contributed by atoms with E-state index in [2.05, 4.69) is 16.8 Å². The molecular weight excluding hydrogens is 475 g/mol. The first-order chi connectivity index (χ1) is 17.1. The molecular formula is C27H30F3NO5. The van der Waals surface area contributed by atoms with Crippen molar-refractivity contribution < 1.29 is 37.7 Å². The fourth-order valence-corrected chi connectivity index (χ4v) is 6.63. The number of nitrogens with zero attached hydrogens (tertiary/aromatic N) is 1. The Morgan fingerprint density at radius 2 is 1.86 bits per heavy atom. The molecule has 5 atom stereocenters. The fourth-order valence-electron chi connectivity index (χ4n) is 6.63. The van der Waals surface area contributed by atoms with Gasteiger partial charge in [-0.25, -0.2) is 0 Å². The van der Waals surface area contributed by atoms with Gasteiger partial charge >= 0.3 is 6.36 Å². The predicted octanol–water partition coefficient (Wildman–Crippen LogP) is 5.89. The van der Waals surface area contributed by atoms with E-state index in [4.69, 9.17) is 9.57 Å². The van der Waals surface area contributed by atoms with Gasteiger partial charge in [0.25, 0.3) is 0 Å². The summed E-state index contributed by atoms with van der Waals surface area (Å²) in [6.07, 6.45) is -0.739. The molecule has 3 aliphatic rings. The summed E-state index contributed by atoms with van der Waals surface area (Å²) in [7, 11) is 1.52. The average molecular weight is 506 g/mol. The lowest BCUT2D eigenvalue weighted by atomic mass is 9.55. The molecule has 6 nitrogen and oxygen atoms in total. The number of rotatable bonds is 5. The van der Waals surface area contributed by atoms with Crippen molar-refractivity contribution in [2.75, 3.05) is 7.11 Å². The quantitative estimate of drug-likeness (QED) is 0.495. The number of alkyl halides is 3. The number of hydrogen-bond donors (Lipinski definition) is 2. The number of oxime groups is 1. The highest BCUT2D eigenvalue weighted by molar-refractivity contribution is 6.03. The van der Waals surface area contributed by atoms with E-state index in [0.717, 1.165) is 36.8 Å². The molecule has 2 N–H and O–H groups in total. The first kappa shape index (κ1) is 24.7. The summed E-state index contributed by atoms with van der Waals surface area (Å²) in [5.74, 6) is 1.05. The van der Waals surface area contributed by atoms with Gasteiger partial charge in [-0.2, -0.15) is 0 Å². The molecule has 0 heterocycles. The van der Waals surface area contributed by atoms with Crippen LogP contribution in [0.4, 0.5) is 13.2 Å². The number of aliphatic hydroxyl groups excluding tert-OH is 1. The number of methoxy groups -OCH3 is 1. The van der Waals surface area contributed by atoms with Crippen LogP contribution < -0.4 is 9.47 Å². The molecule has 0 spiro atoms. The van der Waals surface area contributed by atoms with E-state index >= 15 is 0 Å². The minimum atomic E-state index is -4.74. The molecule has 2 aromatic rings. The van der Waals surface area contributed by atoms with Crippen molar-refractivity contribution in [3.63, 3.8) is 0 Å². The molecule has 2 fully saturated rings. The summed E-state index contributed by atoms with van der Waals surface area (Å²) in [4.78, 5) is 5.65. The van der Waals surface area contributed by atoms with Crippen LogP contribution in [0.15, 0.2) is 41.6 Å². The molecule has 0 unspecified atom stereocenters. The molecule has 2 saturated carbocycles. The van der Waals surface area contributed by atoms with Crippen molar-refractivity contribution >= 4 is 5.71 Å². The first-order valence-electron chi connectivity index (χ1n) is 12.2. The van der Waals surface area contributed by atoms with E-state index in [9.17, 15) is 23.4 Å². The molecule has 2 aromatic carbocycles. The lowest BCUT2D eigenvalue weighted by Crippen LogP contribution is -2.45. The normalized spacial score (nSPS) is 30.3. The summed E-state index contributed by atoms with van der Waals surface area (Å²) in [5, 5.41) is 25.6. The summed E-state index contributed by atoms with van der Waals surface area (Å²) >= 11 is 0. The molecule has 36 heavy (non-hydrogen) atoms. The lowest BCUT2D eigenvalue weighted by Gasteiger charge is -2.50. The number of benzene rings is 2. The van der Waals surface area contributed by atoms with Crippen LogP contribution in [0.25, 0.3) is 0 Å². The molecule has 9 heteroatoms. The van der Waals surface area contributed by atoms with Crippen LogP contribution in [0.3, 0.4) is 0 Å². The van der Waals surface area contributed by atoms with Crippen molar-refractivity contribution in [2.24, 2.45) is 22.4 Å². The maximum absolute atomic E-state index is 12.4. The zero-order valence-corrected chi connectivity index (χ0v) is 20.2. The second kappa shape index (κ2) is 9.18. The molecule has 0 aromatic heterocycles. The Bertz CT molecular complexity index is 1150. The number of aromatic hydroxyl groups is 1. The lowest BCUT2D eigenvalue weighted by molar-refractivity contribution is -0.274. The van der Waals surface area contributed by atoms with Gasteiger partial charge in [-0.05, 0) is 90.7 Å². The van der Waals surface area contributed by atoms with E-state index in [1.165, 1.54) is 31.4 Å². The van der Waals surface area contributed by atoms with Gasteiger partial charge in [-0.3, -0.25) is 0 Å². The molecule has 0 saturated heterocycles.